The van der Waals surface area contributed by atoms with Crippen molar-refractivity contribution < 1.29 is 10.2 Å². The van der Waals surface area contributed by atoms with Gasteiger partial charge in [-0.05, 0) is 35.7 Å². The van der Waals surface area contributed by atoms with Crippen molar-refractivity contribution in [2.24, 2.45) is 0 Å². The van der Waals surface area contributed by atoms with Crippen LogP contribution in [0.4, 0.5) is 0 Å². The summed E-state index contributed by atoms with van der Waals surface area (Å²) in [6.07, 6.45) is 0. The third kappa shape index (κ3) is 2.29. The van der Waals surface area contributed by atoms with Crippen molar-refractivity contribution in [3.05, 3.63) is 59.2 Å². The van der Waals surface area contributed by atoms with Gasteiger partial charge in [-0.3, -0.25) is 4.90 Å². The number of aromatic hydroxyl groups is 2. The van der Waals surface area contributed by atoms with Crippen LogP contribution >= 0.6 is 0 Å². The highest BCUT2D eigenvalue weighted by molar-refractivity contribution is 5.39. The Bertz CT molecular complexity index is 564. The molecular weight excluding hydrogens is 238 g/mol. The van der Waals surface area contributed by atoms with E-state index >= 15 is 0 Å². The highest BCUT2D eigenvalue weighted by Gasteiger charge is 2.24. The molecule has 3 rings (SSSR count). The van der Waals surface area contributed by atoms with Crippen LogP contribution in [0, 0.1) is 0 Å². The topological polar surface area (TPSA) is 43.7 Å². The maximum absolute atomic E-state index is 9.58. The first-order valence-corrected chi connectivity index (χ1v) is 6.47. The normalized spacial score (nSPS) is 16.3. The van der Waals surface area contributed by atoms with Crippen LogP contribution in [0.1, 0.15) is 29.7 Å². The van der Waals surface area contributed by atoms with Crippen molar-refractivity contribution in [1.82, 2.24) is 4.90 Å². The van der Waals surface area contributed by atoms with Gasteiger partial charge in [0.05, 0.1) is 0 Å². The molecule has 0 aliphatic carbocycles. The summed E-state index contributed by atoms with van der Waals surface area (Å²) >= 11 is 0. The van der Waals surface area contributed by atoms with E-state index in [9.17, 15) is 10.2 Å². The number of phenols is 2. The number of rotatable bonds is 2. The van der Waals surface area contributed by atoms with Gasteiger partial charge in [-0.1, -0.05) is 24.3 Å². The number of benzene rings is 2. The van der Waals surface area contributed by atoms with E-state index in [0.717, 1.165) is 18.7 Å². The van der Waals surface area contributed by atoms with Gasteiger partial charge in [-0.2, -0.15) is 0 Å². The first-order chi connectivity index (χ1) is 9.13. The lowest BCUT2D eigenvalue weighted by atomic mass is 10.1. The van der Waals surface area contributed by atoms with Crippen molar-refractivity contribution in [1.29, 1.82) is 0 Å². The maximum atomic E-state index is 9.58. The SMILES string of the molecule is CC(c1cc(O)cc(O)c1)N1Cc2ccccc2C1. The minimum Gasteiger partial charge on any atom is -0.508 e. The summed E-state index contributed by atoms with van der Waals surface area (Å²) in [7, 11) is 0. The smallest absolute Gasteiger partial charge is 0.119 e. The summed E-state index contributed by atoms with van der Waals surface area (Å²) in [6, 6.07) is 13.4. The van der Waals surface area contributed by atoms with E-state index in [4.69, 9.17) is 0 Å². The van der Waals surface area contributed by atoms with Crippen LogP contribution in [0.5, 0.6) is 11.5 Å². The number of nitrogens with zero attached hydrogens (tertiary/aromatic N) is 1. The van der Waals surface area contributed by atoms with E-state index < -0.39 is 0 Å². The number of hydrogen-bond acceptors (Lipinski definition) is 3. The Balaban J connectivity index is 1.84. The molecule has 19 heavy (non-hydrogen) atoms. The highest BCUT2D eigenvalue weighted by Crippen LogP contribution is 2.33. The summed E-state index contributed by atoms with van der Waals surface area (Å²) in [5.41, 5.74) is 3.66. The van der Waals surface area contributed by atoms with E-state index in [1.165, 1.54) is 17.2 Å². The molecule has 1 atom stereocenters. The maximum Gasteiger partial charge on any atom is 0.119 e. The molecule has 0 radical (unpaired) electrons. The van der Waals surface area contributed by atoms with Crippen molar-refractivity contribution in [3.63, 3.8) is 0 Å². The second-order valence-corrected chi connectivity index (χ2v) is 5.13. The Hall–Kier alpha value is -2.00. The standard InChI is InChI=1S/C16H17NO2/c1-11(14-6-15(18)8-16(19)7-14)17-9-12-4-2-3-5-13(12)10-17/h2-8,11,18-19H,9-10H2,1H3. The van der Waals surface area contributed by atoms with E-state index in [2.05, 4.69) is 36.1 Å². The molecule has 0 saturated heterocycles. The Morgan fingerprint density at radius 1 is 0.947 bits per heavy atom. The molecule has 1 unspecified atom stereocenters. The zero-order valence-corrected chi connectivity index (χ0v) is 10.9. The van der Waals surface area contributed by atoms with Crippen LogP contribution in [-0.4, -0.2) is 15.1 Å². The third-order valence-electron chi connectivity index (χ3n) is 3.82. The van der Waals surface area contributed by atoms with Crippen molar-refractivity contribution >= 4 is 0 Å². The quantitative estimate of drug-likeness (QED) is 0.866. The van der Waals surface area contributed by atoms with Crippen molar-refractivity contribution in [2.75, 3.05) is 0 Å². The second kappa shape index (κ2) is 4.59. The summed E-state index contributed by atoms with van der Waals surface area (Å²) in [4.78, 5) is 2.33. The van der Waals surface area contributed by atoms with Crippen LogP contribution < -0.4 is 0 Å². The second-order valence-electron chi connectivity index (χ2n) is 5.13. The van der Waals surface area contributed by atoms with E-state index in [0.29, 0.717) is 0 Å². The van der Waals surface area contributed by atoms with Gasteiger partial charge in [0.2, 0.25) is 0 Å². The summed E-state index contributed by atoms with van der Waals surface area (Å²) < 4.78 is 0. The Labute approximate surface area is 112 Å². The molecule has 0 spiro atoms. The average molecular weight is 255 g/mol. The molecule has 1 aliphatic heterocycles. The minimum atomic E-state index is 0.110. The molecule has 2 N–H and O–H groups in total. The van der Waals surface area contributed by atoms with Crippen LogP contribution in [0.25, 0.3) is 0 Å². The molecule has 0 saturated carbocycles. The van der Waals surface area contributed by atoms with Crippen molar-refractivity contribution in [3.8, 4) is 11.5 Å². The number of hydrogen-bond donors (Lipinski definition) is 2. The monoisotopic (exact) mass is 255 g/mol. The predicted molar refractivity (Wildman–Crippen MR) is 73.9 cm³/mol. The lowest BCUT2D eigenvalue weighted by Gasteiger charge is -2.24. The van der Waals surface area contributed by atoms with E-state index in [-0.39, 0.29) is 17.5 Å². The van der Waals surface area contributed by atoms with Gasteiger partial charge < -0.3 is 10.2 Å². The molecule has 3 nitrogen and oxygen atoms in total. The molecular formula is C16H17NO2. The molecule has 0 aromatic heterocycles. The Morgan fingerprint density at radius 3 is 2.00 bits per heavy atom. The fourth-order valence-corrected chi connectivity index (χ4v) is 2.70. The van der Waals surface area contributed by atoms with E-state index in [1.807, 2.05) is 0 Å². The zero-order chi connectivity index (χ0) is 13.4. The molecule has 2 aromatic carbocycles. The summed E-state index contributed by atoms with van der Waals surface area (Å²) in [5, 5.41) is 19.2. The van der Waals surface area contributed by atoms with Gasteiger partial charge in [0, 0.05) is 25.2 Å². The first kappa shape index (κ1) is 12.1. The van der Waals surface area contributed by atoms with Gasteiger partial charge >= 0.3 is 0 Å². The highest BCUT2D eigenvalue weighted by atomic mass is 16.3. The van der Waals surface area contributed by atoms with Gasteiger partial charge in [0.15, 0.2) is 0 Å². The van der Waals surface area contributed by atoms with E-state index in [1.54, 1.807) is 12.1 Å². The number of phenolic OH excluding ortho intramolecular Hbond substituents is 2. The van der Waals surface area contributed by atoms with Gasteiger partial charge in [-0.15, -0.1) is 0 Å². The third-order valence-corrected chi connectivity index (χ3v) is 3.82. The fourth-order valence-electron chi connectivity index (χ4n) is 2.70. The summed E-state index contributed by atoms with van der Waals surface area (Å²) in [5.74, 6) is 0.220. The fraction of sp³-hybridized carbons (Fsp3) is 0.250. The molecule has 3 heteroatoms. The van der Waals surface area contributed by atoms with Gasteiger partial charge in [0.25, 0.3) is 0 Å². The first-order valence-electron chi connectivity index (χ1n) is 6.47. The number of fused-ring (bicyclic) bond motifs is 1. The predicted octanol–water partition coefficient (Wildman–Crippen LogP) is 3.17. The summed E-state index contributed by atoms with van der Waals surface area (Å²) in [6.45, 7) is 3.92. The zero-order valence-electron chi connectivity index (χ0n) is 10.9. The molecule has 98 valence electrons. The Morgan fingerprint density at radius 2 is 1.47 bits per heavy atom. The van der Waals surface area contributed by atoms with Crippen LogP contribution in [0.3, 0.4) is 0 Å². The van der Waals surface area contributed by atoms with Crippen LogP contribution in [0.2, 0.25) is 0 Å². The molecule has 2 aromatic rings. The molecule has 1 heterocycles. The van der Waals surface area contributed by atoms with Crippen molar-refractivity contribution in [2.45, 2.75) is 26.1 Å². The van der Waals surface area contributed by atoms with Crippen LogP contribution in [-0.2, 0) is 13.1 Å². The van der Waals surface area contributed by atoms with Gasteiger partial charge in [-0.25, -0.2) is 0 Å². The lowest BCUT2D eigenvalue weighted by molar-refractivity contribution is 0.214. The molecule has 1 aliphatic rings. The largest absolute Gasteiger partial charge is 0.508 e. The molecule has 0 bridgehead atoms. The lowest BCUT2D eigenvalue weighted by Crippen LogP contribution is -2.20. The Kier molecular flexibility index (Phi) is 2.91. The minimum absolute atomic E-state index is 0.110. The molecule has 0 amide bonds. The molecule has 0 fully saturated rings. The average Bonchev–Trinajstić information content (AvgIpc) is 2.80. The van der Waals surface area contributed by atoms with Crippen LogP contribution in [0.15, 0.2) is 42.5 Å². The van der Waals surface area contributed by atoms with Gasteiger partial charge in [0.1, 0.15) is 11.5 Å².